The molecule has 264 valence electrons. The van der Waals surface area contributed by atoms with Crippen LogP contribution in [0.1, 0.15) is 0 Å². The minimum absolute atomic E-state index is 0.692. The Morgan fingerprint density at radius 2 is 1.33 bits per heavy atom. The van der Waals surface area contributed by atoms with Crippen LogP contribution in [-0.4, -0.2) is 22.6 Å². The van der Waals surface area contributed by atoms with Gasteiger partial charge < -0.3 is 13.7 Å². The van der Waals surface area contributed by atoms with Crippen molar-refractivity contribution in [2.24, 2.45) is 0 Å². The first-order chi connectivity index (χ1) is 26.9. The van der Waals surface area contributed by atoms with Crippen molar-refractivity contribution < 1.29 is 9.15 Å². The topological polar surface area (TPSA) is 53.1 Å². The van der Waals surface area contributed by atoms with Crippen molar-refractivity contribution in [2.75, 3.05) is 0 Å². The van der Waals surface area contributed by atoms with Gasteiger partial charge in [0.1, 0.15) is 22.7 Å². The summed E-state index contributed by atoms with van der Waals surface area (Å²) in [5.74, 6) is 1.41. The van der Waals surface area contributed by atoms with Gasteiger partial charge in [-0.2, -0.15) is 0 Å². The number of hydrogen-bond donors (Lipinski definition) is 0. The van der Waals surface area contributed by atoms with E-state index in [4.69, 9.17) is 14.1 Å². The molecule has 55 heavy (non-hydrogen) atoms. The summed E-state index contributed by atoms with van der Waals surface area (Å²) in [7, 11) is -1.46. The van der Waals surface area contributed by atoms with Crippen LogP contribution < -0.4 is 9.92 Å². The zero-order valence-electron chi connectivity index (χ0n) is 30.8. The van der Waals surface area contributed by atoms with E-state index in [9.17, 15) is 0 Å². The zero-order valence-corrected chi connectivity index (χ0v) is 31.8. The molecule has 0 unspecified atom stereocenters. The summed E-state index contributed by atoms with van der Waals surface area (Å²) in [5, 5.41) is 5.68. The molecule has 0 aliphatic carbocycles. The molecule has 0 radical (unpaired) electrons. The predicted molar refractivity (Wildman–Crippen MR) is 229 cm³/mol. The summed E-state index contributed by atoms with van der Waals surface area (Å²) in [6.45, 7) is 7.16. The number of fused-ring (bicyclic) bond motifs is 6. The van der Waals surface area contributed by atoms with Crippen LogP contribution in [0, 0.1) is 0 Å². The largest absolute Gasteiger partial charge is 0.457 e. The minimum Gasteiger partial charge on any atom is -0.457 e. The zero-order chi connectivity index (χ0) is 37.1. The smallest absolute Gasteiger partial charge is 0.145 e. The van der Waals surface area contributed by atoms with E-state index in [1.54, 1.807) is 0 Å². The molecule has 0 spiro atoms. The lowest BCUT2D eigenvalue weighted by Gasteiger charge is -2.17. The Morgan fingerprint density at radius 3 is 2.15 bits per heavy atom. The number of para-hydroxylation sites is 1. The third-order valence-corrected chi connectivity index (χ3v) is 12.6. The molecular formula is C49H37N3O2Si. The summed E-state index contributed by atoms with van der Waals surface area (Å²) in [6.07, 6.45) is 3.81. The Kier molecular flexibility index (Phi) is 7.75. The highest BCUT2D eigenvalue weighted by atomic mass is 28.3. The molecular weight excluding hydrogens is 691 g/mol. The Bertz CT molecular complexity index is 3030. The quantitative estimate of drug-likeness (QED) is 0.153. The third-order valence-electron chi connectivity index (χ3n) is 10.5. The van der Waals surface area contributed by atoms with Gasteiger partial charge in [0.2, 0.25) is 0 Å². The van der Waals surface area contributed by atoms with Crippen molar-refractivity contribution >= 4 is 57.0 Å². The van der Waals surface area contributed by atoms with Crippen molar-refractivity contribution in [3.8, 4) is 50.8 Å². The summed E-state index contributed by atoms with van der Waals surface area (Å²) >= 11 is 0. The molecule has 5 nitrogen and oxygen atoms in total. The van der Waals surface area contributed by atoms with Gasteiger partial charge in [-0.1, -0.05) is 110 Å². The van der Waals surface area contributed by atoms with Crippen LogP contribution in [0.4, 0.5) is 0 Å². The van der Waals surface area contributed by atoms with Crippen LogP contribution >= 0.6 is 0 Å². The number of furan rings is 1. The van der Waals surface area contributed by atoms with Gasteiger partial charge in [-0.25, -0.2) is 0 Å². The van der Waals surface area contributed by atoms with E-state index in [-0.39, 0.29) is 0 Å². The molecule has 10 rings (SSSR count). The van der Waals surface area contributed by atoms with Crippen LogP contribution in [-0.2, 0) is 0 Å². The molecule has 0 atom stereocenters. The standard InChI is InChI=1S/C49H37N3O2Si/c1-55(2,3)38-22-20-35(21-23-38)52-46-18-8-7-16-39(46)43-31-51-45(30-47(43)52)42-29-37(53-36-15-11-14-34(26-36)44-17-9-10-25-50-44)28-41-40-27-33(32-12-5-4-6-13-32)19-24-48(40)54-49(41)42/h4-31H,1-3H3. The van der Waals surface area contributed by atoms with Crippen molar-refractivity contribution in [1.82, 2.24) is 14.5 Å². The van der Waals surface area contributed by atoms with Gasteiger partial charge in [0.05, 0.1) is 30.5 Å². The molecule has 0 aliphatic heterocycles. The molecule has 0 aliphatic rings. The van der Waals surface area contributed by atoms with Crippen LogP contribution in [0.2, 0.25) is 19.6 Å². The molecule has 0 saturated heterocycles. The number of hydrogen-bond acceptors (Lipinski definition) is 4. The van der Waals surface area contributed by atoms with E-state index in [2.05, 4.69) is 144 Å². The van der Waals surface area contributed by atoms with Crippen molar-refractivity contribution in [2.45, 2.75) is 19.6 Å². The highest BCUT2D eigenvalue weighted by Gasteiger charge is 2.21. The van der Waals surface area contributed by atoms with Crippen LogP contribution in [0.5, 0.6) is 11.5 Å². The van der Waals surface area contributed by atoms with Crippen LogP contribution in [0.25, 0.3) is 83.1 Å². The highest BCUT2D eigenvalue weighted by Crippen LogP contribution is 2.42. The summed E-state index contributed by atoms with van der Waals surface area (Å²) in [4.78, 5) is 9.70. The van der Waals surface area contributed by atoms with Crippen LogP contribution in [0.3, 0.4) is 0 Å². The maximum Gasteiger partial charge on any atom is 0.145 e. The molecule has 4 aromatic heterocycles. The van der Waals surface area contributed by atoms with E-state index in [1.165, 1.54) is 5.19 Å². The molecule has 6 aromatic carbocycles. The maximum absolute atomic E-state index is 6.74. The molecule has 0 fully saturated rings. The van der Waals surface area contributed by atoms with Gasteiger partial charge >= 0.3 is 0 Å². The maximum atomic E-state index is 6.74. The molecule has 0 saturated carbocycles. The first-order valence-corrected chi connectivity index (χ1v) is 22.1. The number of nitrogens with zero attached hydrogens (tertiary/aromatic N) is 3. The van der Waals surface area contributed by atoms with Crippen LogP contribution in [0.15, 0.2) is 175 Å². The second kappa shape index (κ2) is 13.0. The van der Waals surface area contributed by atoms with E-state index < -0.39 is 8.07 Å². The first kappa shape index (κ1) is 32.9. The fraction of sp³-hybridized carbons (Fsp3) is 0.0612. The SMILES string of the molecule is C[Si](C)(C)c1ccc(-n2c3ccccc3c3cnc(-c4cc(Oc5cccc(-c6ccccn6)c5)cc5c4oc4ccc(-c6ccccc6)cc45)cc32)cc1. The average molecular weight is 728 g/mol. The van der Waals surface area contributed by atoms with Gasteiger partial charge in [0.15, 0.2) is 0 Å². The van der Waals surface area contributed by atoms with E-state index in [0.29, 0.717) is 5.75 Å². The summed E-state index contributed by atoms with van der Waals surface area (Å²) in [5.41, 5.74) is 10.7. The van der Waals surface area contributed by atoms with Gasteiger partial charge in [0, 0.05) is 50.8 Å². The normalized spacial score (nSPS) is 11.9. The Balaban J connectivity index is 1.18. The van der Waals surface area contributed by atoms with E-state index in [0.717, 1.165) is 88.8 Å². The number of aromatic nitrogens is 3. The molecule has 10 aromatic rings. The van der Waals surface area contributed by atoms with E-state index >= 15 is 0 Å². The highest BCUT2D eigenvalue weighted by molar-refractivity contribution is 6.88. The van der Waals surface area contributed by atoms with Crippen molar-refractivity contribution in [3.05, 3.63) is 170 Å². The van der Waals surface area contributed by atoms with E-state index in [1.807, 2.05) is 54.9 Å². The molecule has 0 amide bonds. The molecule has 6 heteroatoms. The predicted octanol–water partition coefficient (Wildman–Crippen LogP) is 12.8. The molecule has 0 N–H and O–H groups in total. The third kappa shape index (κ3) is 5.88. The summed E-state index contributed by atoms with van der Waals surface area (Å²) in [6, 6.07) is 54.9. The number of ether oxygens (including phenoxy) is 1. The molecule has 4 heterocycles. The second-order valence-electron chi connectivity index (χ2n) is 15.1. The Hall–Kier alpha value is -6.76. The van der Waals surface area contributed by atoms with Gasteiger partial charge in [-0.3, -0.25) is 9.97 Å². The summed E-state index contributed by atoms with van der Waals surface area (Å²) < 4.78 is 15.8. The van der Waals surface area contributed by atoms with Crippen molar-refractivity contribution in [1.29, 1.82) is 0 Å². The average Bonchev–Trinajstić information content (AvgIpc) is 3.76. The fourth-order valence-corrected chi connectivity index (χ4v) is 8.87. The first-order valence-electron chi connectivity index (χ1n) is 18.6. The lowest BCUT2D eigenvalue weighted by Crippen LogP contribution is -2.37. The number of pyridine rings is 2. The number of rotatable bonds is 7. The number of benzene rings is 6. The lowest BCUT2D eigenvalue weighted by atomic mass is 10.0. The molecule has 0 bridgehead atoms. The second-order valence-corrected chi connectivity index (χ2v) is 20.2. The Morgan fingerprint density at radius 1 is 0.527 bits per heavy atom. The van der Waals surface area contributed by atoms with Gasteiger partial charge in [0.25, 0.3) is 0 Å². The van der Waals surface area contributed by atoms with Gasteiger partial charge in [-0.05, 0) is 83.9 Å². The Labute approximate surface area is 320 Å². The fourth-order valence-electron chi connectivity index (χ4n) is 7.70. The minimum atomic E-state index is -1.46. The van der Waals surface area contributed by atoms with Gasteiger partial charge in [-0.15, -0.1) is 0 Å². The monoisotopic (exact) mass is 727 g/mol. The lowest BCUT2D eigenvalue weighted by molar-refractivity contribution is 0.483. The van der Waals surface area contributed by atoms with Crippen molar-refractivity contribution in [3.63, 3.8) is 0 Å².